The van der Waals surface area contributed by atoms with E-state index in [4.69, 9.17) is 15.2 Å². The number of nitrogens with two attached hydrogens (primary N) is 1. The first kappa shape index (κ1) is 15.7. The van der Waals surface area contributed by atoms with Crippen LogP contribution in [0.1, 0.15) is 29.2 Å². The molecule has 2 aromatic carbocycles. The molecule has 1 aliphatic rings. The van der Waals surface area contributed by atoms with Crippen molar-refractivity contribution in [3.63, 3.8) is 0 Å². The van der Waals surface area contributed by atoms with E-state index in [0.717, 1.165) is 29.7 Å². The van der Waals surface area contributed by atoms with Crippen LogP contribution in [0.3, 0.4) is 0 Å². The molecule has 2 aromatic rings. The molecular weight excluding hydrogens is 307 g/mol. The monoisotopic (exact) mass is 323 g/mol. The van der Waals surface area contributed by atoms with E-state index >= 15 is 0 Å². The van der Waals surface area contributed by atoms with Gasteiger partial charge in [-0.05, 0) is 37.3 Å². The second kappa shape index (κ2) is 5.77. The Morgan fingerprint density at radius 3 is 2.48 bits per heavy atom. The van der Waals surface area contributed by atoms with Crippen LogP contribution >= 0.6 is 0 Å². The summed E-state index contributed by atoms with van der Waals surface area (Å²) in [6.45, 7) is 2.38. The summed E-state index contributed by atoms with van der Waals surface area (Å²) in [6, 6.07) is 8.12. The van der Waals surface area contributed by atoms with Crippen molar-refractivity contribution in [1.82, 2.24) is 0 Å². The van der Waals surface area contributed by atoms with Crippen molar-refractivity contribution in [2.24, 2.45) is 5.73 Å². The maximum atomic E-state index is 12.6. The van der Waals surface area contributed by atoms with Gasteiger partial charge in [-0.25, -0.2) is 0 Å². The van der Waals surface area contributed by atoms with Gasteiger partial charge in [0.1, 0.15) is 17.2 Å². The Morgan fingerprint density at radius 1 is 1.13 bits per heavy atom. The third-order valence-corrected chi connectivity index (χ3v) is 3.87. The normalized spacial score (nSPS) is 17.3. The van der Waals surface area contributed by atoms with Crippen LogP contribution in [0.5, 0.6) is 17.2 Å². The molecule has 0 aromatic heterocycles. The second-order valence-electron chi connectivity index (χ2n) is 5.47. The fourth-order valence-corrected chi connectivity index (χ4v) is 2.57. The fraction of sp³-hybridized carbons (Fsp3) is 0.294. The van der Waals surface area contributed by atoms with E-state index in [-0.39, 0.29) is 6.04 Å². The Bertz CT molecular complexity index is 711. The third-order valence-electron chi connectivity index (χ3n) is 3.87. The van der Waals surface area contributed by atoms with E-state index in [9.17, 15) is 13.2 Å². The van der Waals surface area contributed by atoms with Crippen molar-refractivity contribution < 1.29 is 22.6 Å². The van der Waals surface area contributed by atoms with Gasteiger partial charge in [0.05, 0.1) is 12.2 Å². The van der Waals surface area contributed by atoms with Crippen LogP contribution in [0, 0.1) is 6.92 Å². The highest BCUT2D eigenvalue weighted by molar-refractivity contribution is 5.52. The van der Waals surface area contributed by atoms with E-state index in [1.807, 2.05) is 13.0 Å². The maximum Gasteiger partial charge on any atom is 0.416 e. The number of halogens is 3. The molecule has 1 unspecified atom stereocenters. The number of ether oxygens (including phenoxy) is 2. The highest BCUT2D eigenvalue weighted by Crippen LogP contribution is 2.40. The van der Waals surface area contributed by atoms with Crippen molar-refractivity contribution >= 4 is 0 Å². The number of fused-ring (bicyclic) bond motifs is 1. The molecule has 0 radical (unpaired) electrons. The summed E-state index contributed by atoms with van der Waals surface area (Å²) in [7, 11) is 0. The largest absolute Gasteiger partial charge is 0.493 e. The molecule has 122 valence electrons. The predicted octanol–water partition coefficient (Wildman–Crippen LogP) is 4.59. The summed E-state index contributed by atoms with van der Waals surface area (Å²) in [4.78, 5) is 0. The first-order valence-electron chi connectivity index (χ1n) is 7.23. The molecule has 3 nitrogen and oxygen atoms in total. The summed E-state index contributed by atoms with van der Waals surface area (Å²) in [6.07, 6.45) is -3.60. The maximum absolute atomic E-state index is 12.6. The molecule has 0 saturated heterocycles. The van der Waals surface area contributed by atoms with Crippen LogP contribution in [0.2, 0.25) is 0 Å². The smallest absolute Gasteiger partial charge is 0.416 e. The first-order chi connectivity index (χ1) is 10.9. The fourth-order valence-electron chi connectivity index (χ4n) is 2.57. The lowest BCUT2D eigenvalue weighted by atomic mass is 9.98. The van der Waals surface area contributed by atoms with Gasteiger partial charge in [0.15, 0.2) is 0 Å². The molecule has 0 saturated carbocycles. The lowest BCUT2D eigenvalue weighted by Crippen LogP contribution is -2.21. The molecule has 23 heavy (non-hydrogen) atoms. The summed E-state index contributed by atoms with van der Waals surface area (Å²) >= 11 is 0. The van der Waals surface area contributed by atoms with Crippen molar-refractivity contribution in [2.75, 3.05) is 6.61 Å². The molecule has 3 rings (SSSR count). The van der Waals surface area contributed by atoms with Gasteiger partial charge in [-0.2, -0.15) is 13.2 Å². The first-order valence-corrected chi connectivity index (χ1v) is 7.23. The Morgan fingerprint density at radius 2 is 1.83 bits per heavy atom. The number of benzene rings is 2. The van der Waals surface area contributed by atoms with E-state index < -0.39 is 11.7 Å². The predicted molar refractivity (Wildman–Crippen MR) is 79.7 cm³/mol. The minimum atomic E-state index is -4.36. The van der Waals surface area contributed by atoms with E-state index in [2.05, 4.69) is 0 Å². The van der Waals surface area contributed by atoms with Crippen LogP contribution in [-0.2, 0) is 6.18 Å². The van der Waals surface area contributed by atoms with Crippen molar-refractivity contribution in [1.29, 1.82) is 0 Å². The van der Waals surface area contributed by atoms with E-state index in [0.29, 0.717) is 23.9 Å². The molecule has 0 amide bonds. The number of hydrogen-bond acceptors (Lipinski definition) is 3. The molecule has 0 bridgehead atoms. The molecule has 6 heteroatoms. The van der Waals surface area contributed by atoms with Crippen molar-refractivity contribution in [3.05, 3.63) is 53.1 Å². The van der Waals surface area contributed by atoms with Gasteiger partial charge in [0.25, 0.3) is 0 Å². The molecule has 1 heterocycles. The highest BCUT2D eigenvalue weighted by Gasteiger charge is 2.30. The average Bonchev–Trinajstić information content (AvgIpc) is 2.50. The zero-order chi connectivity index (χ0) is 16.6. The summed E-state index contributed by atoms with van der Waals surface area (Å²) in [5, 5.41) is 0. The molecular formula is C17H16F3NO2. The van der Waals surface area contributed by atoms with Crippen LogP contribution in [-0.4, -0.2) is 6.61 Å². The highest BCUT2D eigenvalue weighted by atomic mass is 19.4. The molecule has 2 N–H and O–H groups in total. The number of alkyl halides is 3. The number of hydrogen-bond donors (Lipinski definition) is 1. The number of rotatable bonds is 2. The van der Waals surface area contributed by atoms with E-state index in [1.165, 1.54) is 12.1 Å². The van der Waals surface area contributed by atoms with Crippen LogP contribution in [0.25, 0.3) is 0 Å². The zero-order valence-corrected chi connectivity index (χ0v) is 12.5. The molecule has 0 fully saturated rings. The Labute approximate surface area is 131 Å². The van der Waals surface area contributed by atoms with E-state index in [1.54, 1.807) is 6.07 Å². The third kappa shape index (κ3) is 3.12. The average molecular weight is 323 g/mol. The Hall–Kier alpha value is -2.21. The minimum Gasteiger partial charge on any atom is -0.493 e. The van der Waals surface area contributed by atoms with Gasteiger partial charge in [-0.1, -0.05) is 6.07 Å². The molecule has 1 atom stereocenters. The summed E-state index contributed by atoms with van der Waals surface area (Å²) in [5.41, 5.74) is 7.05. The van der Waals surface area contributed by atoms with Gasteiger partial charge >= 0.3 is 6.18 Å². The lowest BCUT2D eigenvalue weighted by molar-refractivity contribution is -0.137. The Kier molecular flexibility index (Phi) is 3.93. The van der Waals surface area contributed by atoms with Gasteiger partial charge in [0.2, 0.25) is 0 Å². The van der Waals surface area contributed by atoms with Crippen LogP contribution in [0.4, 0.5) is 13.2 Å². The van der Waals surface area contributed by atoms with Gasteiger partial charge in [0, 0.05) is 23.6 Å². The van der Waals surface area contributed by atoms with Gasteiger partial charge in [-0.15, -0.1) is 0 Å². The summed E-state index contributed by atoms with van der Waals surface area (Å²) < 4.78 is 49.0. The van der Waals surface area contributed by atoms with Crippen LogP contribution < -0.4 is 15.2 Å². The van der Waals surface area contributed by atoms with Gasteiger partial charge in [-0.3, -0.25) is 0 Å². The topological polar surface area (TPSA) is 44.5 Å². The quantitative estimate of drug-likeness (QED) is 0.879. The van der Waals surface area contributed by atoms with Crippen molar-refractivity contribution in [2.45, 2.75) is 25.6 Å². The molecule has 0 spiro atoms. The lowest BCUT2D eigenvalue weighted by Gasteiger charge is -2.25. The van der Waals surface area contributed by atoms with Crippen molar-refractivity contribution in [3.8, 4) is 17.2 Å². The molecule has 0 aliphatic carbocycles. The van der Waals surface area contributed by atoms with Gasteiger partial charge < -0.3 is 15.2 Å². The summed E-state index contributed by atoms with van der Waals surface area (Å²) in [5.74, 6) is 1.58. The standard InChI is InChI=1S/C17H16F3NO2/c1-10-15(7-6-13-14(21)8-9-22-16(10)13)23-12-4-2-11(3-5-12)17(18,19)20/h2-7,14H,8-9,21H2,1H3. The zero-order valence-electron chi connectivity index (χ0n) is 12.5. The SMILES string of the molecule is Cc1c(Oc2ccc(C(F)(F)F)cc2)ccc2c1OCCC2N. The second-order valence-corrected chi connectivity index (χ2v) is 5.47. The Balaban J connectivity index is 1.86. The minimum absolute atomic E-state index is 0.0717. The van der Waals surface area contributed by atoms with Crippen LogP contribution in [0.15, 0.2) is 36.4 Å². The molecule has 1 aliphatic heterocycles.